The third-order valence-electron chi connectivity index (χ3n) is 4.67. The van der Waals surface area contributed by atoms with Crippen molar-refractivity contribution in [2.75, 3.05) is 0 Å². The molecular weight excluding hydrogens is 330 g/mol. The zero-order valence-electron chi connectivity index (χ0n) is 17.0. The van der Waals surface area contributed by atoms with Crippen molar-refractivity contribution in [1.82, 2.24) is 0 Å². The molecule has 0 spiro atoms. The minimum atomic E-state index is -2.80. The molecule has 1 aromatic rings. The molecule has 0 N–H and O–H groups in total. The predicted octanol–water partition coefficient (Wildman–Crippen LogP) is 7.36. The van der Waals surface area contributed by atoms with Crippen molar-refractivity contribution in [2.24, 2.45) is 11.3 Å². The standard InChI is InChI=1S/C23H34F2O/c1-6-7-8-9-10-11-12-20(23(3,4)5)15-13-19-14-16-21(18(2)17-19)26-22(24)25/h14,16-17,20,22H,6-12H2,1-5H3. The van der Waals surface area contributed by atoms with E-state index >= 15 is 0 Å². The summed E-state index contributed by atoms with van der Waals surface area (Å²) in [6, 6.07) is 5.14. The molecule has 1 rings (SSSR count). The number of unbranched alkanes of at least 4 members (excludes halogenated alkanes) is 5. The molecule has 0 saturated carbocycles. The predicted molar refractivity (Wildman–Crippen MR) is 106 cm³/mol. The number of rotatable bonds is 9. The molecule has 0 aliphatic carbocycles. The Kier molecular flexibility index (Phi) is 9.70. The molecule has 1 atom stereocenters. The maximum atomic E-state index is 12.4. The number of ether oxygens (including phenoxy) is 1. The van der Waals surface area contributed by atoms with Gasteiger partial charge in [-0.1, -0.05) is 78.1 Å². The molecule has 3 heteroatoms. The molecule has 0 aromatic heterocycles. The van der Waals surface area contributed by atoms with Crippen molar-refractivity contribution in [3.8, 4) is 17.6 Å². The van der Waals surface area contributed by atoms with E-state index in [1.54, 1.807) is 19.1 Å². The molecule has 0 aliphatic rings. The first-order valence-corrected chi connectivity index (χ1v) is 9.81. The van der Waals surface area contributed by atoms with E-state index in [2.05, 4.69) is 44.3 Å². The summed E-state index contributed by atoms with van der Waals surface area (Å²) in [5, 5.41) is 0. The minimum absolute atomic E-state index is 0.129. The lowest BCUT2D eigenvalue weighted by molar-refractivity contribution is -0.0502. The normalized spacial score (nSPS) is 12.6. The van der Waals surface area contributed by atoms with Crippen LogP contribution in [0.15, 0.2) is 18.2 Å². The number of hydrogen-bond acceptors (Lipinski definition) is 1. The molecule has 0 fully saturated rings. The SMILES string of the molecule is CCCCCCCCC(C#Cc1ccc(OC(F)F)c(C)c1)C(C)(C)C. The second-order valence-electron chi connectivity index (χ2n) is 8.10. The van der Waals surface area contributed by atoms with Crippen molar-refractivity contribution in [3.63, 3.8) is 0 Å². The highest BCUT2D eigenvalue weighted by molar-refractivity contribution is 5.43. The Labute approximate surface area is 158 Å². The first-order chi connectivity index (χ1) is 12.2. The smallest absolute Gasteiger partial charge is 0.387 e. The molecule has 0 saturated heterocycles. The summed E-state index contributed by atoms with van der Waals surface area (Å²) in [5.74, 6) is 7.21. The molecule has 0 radical (unpaired) electrons. The van der Waals surface area contributed by atoms with Crippen molar-refractivity contribution >= 4 is 0 Å². The Morgan fingerprint density at radius 1 is 1.04 bits per heavy atom. The Morgan fingerprint density at radius 2 is 1.69 bits per heavy atom. The second kappa shape index (κ2) is 11.2. The van der Waals surface area contributed by atoms with Crippen molar-refractivity contribution < 1.29 is 13.5 Å². The average Bonchev–Trinajstić information content (AvgIpc) is 2.54. The summed E-state index contributed by atoms with van der Waals surface area (Å²) < 4.78 is 29.2. The molecule has 0 amide bonds. The Morgan fingerprint density at radius 3 is 2.27 bits per heavy atom. The van der Waals surface area contributed by atoms with E-state index in [4.69, 9.17) is 0 Å². The average molecular weight is 365 g/mol. The first kappa shape index (κ1) is 22.5. The fourth-order valence-electron chi connectivity index (χ4n) is 2.98. The third-order valence-corrected chi connectivity index (χ3v) is 4.67. The number of alkyl halides is 2. The van der Waals surface area contributed by atoms with Gasteiger partial charge in [0.1, 0.15) is 5.75 Å². The van der Waals surface area contributed by atoms with Gasteiger partial charge in [-0.3, -0.25) is 0 Å². The van der Waals surface area contributed by atoms with Crippen LogP contribution in [0.4, 0.5) is 8.78 Å². The summed E-state index contributed by atoms with van der Waals surface area (Å²) in [5.41, 5.74) is 1.66. The summed E-state index contributed by atoms with van der Waals surface area (Å²) in [6.07, 6.45) is 8.82. The fraction of sp³-hybridized carbons (Fsp3) is 0.652. The first-order valence-electron chi connectivity index (χ1n) is 9.81. The van der Waals surface area contributed by atoms with Crippen LogP contribution in [-0.4, -0.2) is 6.61 Å². The highest BCUT2D eigenvalue weighted by Crippen LogP contribution is 2.30. The lowest BCUT2D eigenvalue weighted by atomic mass is 9.78. The molecule has 26 heavy (non-hydrogen) atoms. The molecule has 1 aromatic carbocycles. The van der Waals surface area contributed by atoms with Gasteiger partial charge in [0.05, 0.1) is 0 Å². The third kappa shape index (κ3) is 8.70. The van der Waals surface area contributed by atoms with Gasteiger partial charge < -0.3 is 4.74 Å². The van der Waals surface area contributed by atoms with E-state index in [0.29, 0.717) is 11.5 Å². The fourth-order valence-corrected chi connectivity index (χ4v) is 2.98. The van der Waals surface area contributed by atoms with Gasteiger partial charge in [0.15, 0.2) is 0 Å². The van der Waals surface area contributed by atoms with E-state index in [0.717, 1.165) is 12.0 Å². The maximum absolute atomic E-state index is 12.4. The van der Waals surface area contributed by atoms with Gasteiger partial charge >= 0.3 is 6.61 Å². The lowest BCUT2D eigenvalue weighted by Gasteiger charge is -2.26. The van der Waals surface area contributed by atoms with Crippen LogP contribution in [0.1, 0.15) is 83.8 Å². The highest BCUT2D eigenvalue weighted by Gasteiger charge is 2.22. The number of benzene rings is 1. The summed E-state index contributed by atoms with van der Waals surface area (Å²) in [4.78, 5) is 0. The van der Waals surface area contributed by atoms with Crippen molar-refractivity contribution in [3.05, 3.63) is 29.3 Å². The Bertz CT molecular complexity index is 590. The zero-order valence-corrected chi connectivity index (χ0v) is 17.0. The van der Waals surface area contributed by atoms with E-state index in [-0.39, 0.29) is 11.2 Å². The molecule has 0 aliphatic heterocycles. The molecule has 0 bridgehead atoms. The van der Waals surface area contributed by atoms with Gasteiger partial charge in [0.2, 0.25) is 0 Å². The molecule has 1 unspecified atom stereocenters. The molecule has 0 heterocycles. The maximum Gasteiger partial charge on any atom is 0.387 e. The van der Waals surface area contributed by atoms with Gasteiger partial charge in [-0.2, -0.15) is 8.78 Å². The molecular formula is C23H34F2O. The van der Waals surface area contributed by atoms with Crippen LogP contribution >= 0.6 is 0 Å². The topological polar surface area (TPSA) is 9.23 Å². The molecule has 146 valence electrons. The van der Waals surface area contributed by atoms with Crippen LogP contribution < -0.4 is 4.74 Å². The van der Waals surface area contributed by atoms with E-state index in [1.807, 2.05) is 6.07 Å². The number of aryl methyl sites for hydroxylation is 1. The number of halogens is 2. The molecule has 1 nitrogen and oxygen atoms in total. The second-order valence-corrected chi connectivity index (χ2v) is 8.10. The monoisotopic (exact) mass is 364 g/mol. The Hall–Kier alpha value is -1.56. The van der Waals surface area contributed by atoms with Crippen LogP contribution in [0.25, 0.3) is 0 Å². The van der Waals surface area contributed by atoms with Crippen LogP contribution in [0.3, 0.4) is 0 Å². The Balaban J connectivity index is 2.70. The van der Waals surface area contributed by atoms with Gasteiger partial charge in [0.25, 0.3) is 0 Å². The van der Waals surface area contributed by atoms with Crippen LogP contribution in [-0.2, 0) is 0 Å². The van der Waals surface area contributed by atoms with Crippen LogP contribution in [0.2, 0.25) is 0 Å². The highest BCUT2D eigenvalue weighted by atomic mass is 19.3. The lowest BCUT2D eigenvalue weighted by Crippen LogP contribution is -2.18. The van der Waals surface area contributed by atoms with E-state index < -0.39 is 6.61 Å². The van der Waals surface area contributed by atoms with Gasteiger partial charge in [-0.25, -0.2) is 0 Å². The van der Waals surface area contributed by atoms with Crippen molar-refractivity contribution in [1.29, 1.82) is 0 Å². The van der Waals surface area contributed by atoms with E-state index in [9.17, 15) is 8.78 Å². The zero-order chi connectivity index (χ0) is 19.6. The van der Waals surface area contributed by atoms with Gasteiger partial charge in [-0.15, -0.1) is 0 Å². The largest absolute Gasteiger partial charge is 0.435 e. The van der Waals surface area contributed by atoms with Crippen LogP contribution in [0, 0.1) is 30.1 Å². The van der Waals surface area contributed by atoms with Crippen molar-refractivity contribution in [2.45, 2.75) is 86.2 Å². The van der Waals surface area contributed by atoms with Gasteiger partial charge in [0, 0.05) is 11.5 Å². The summed E-state index contributed by atoms with van der Waals surface area (Å²) in [7, 11) is 0. The summed E-state index contributed by atoms with van der Waals surface area (Å²) >= 11 is 0. The quantitative estimate of drug-likeness (QED) is 0.328. The van der Waals surface area contributed by atoms with E-state index in [1.165, 1.54) is 38.5 Å². The van der Waals surface area contributed by atoms with Crippen LogP contribution in [0.5, 0.6) is 5.75 Å². The van der Waals surface area contributed by atoms with Gasteiger partial charge in [-0.05, 0) is 42.5 Å². The summed E-state index contributed by atoms with van der Waals surface area (Å²) in [6.45, 7) is 7.89. The minimum Gasteiger partial charge on any atom is -0.435 e. The number of hydrogen-bond donors (Lipinski definition) is 0.